The van der Waals surface area contributed by atoms with Crippen LogP contribution in [0.1, 0.15) is 10.1 Å². The number of rotatable bonds is 5. The second-order valence-corrected chi connectivity index (χ2v) is 8.09. The standard InChI is InChI=1S/C17H16ClNO2S2/c18-14-3-1-2-4-15(14)19-16(20)11-21-13-7-5-12(6-8-13)17-22-9-10-23-17/h1-8,17H,9-11H2,(H,19,20). The maximum Gasteiger partial charge on any atom is 0.262 e. The largest absolute Gasteiger partial charge is 0.484 e. The molecule has 23 heavy (non-hydrogen) atoms. The molecule has 0 aromatic heterocycles. The van der Waals surface area contributed by atoms with Crippen molar-refractivity contribution in [3.63, 3.8) is 0 Å². The second-order valence-electron chi connectivity index (χ2n) is 4.96. The summed E-state index contributed by atoms with van der Waals surface area (Å²) in [5.41, 5.74) is 1.89. The SMILES string of the molecule is O=C(COc1ccc(C2SCCS2)cc1)Nc1ccccc1Cl. The Morgan fingerprint density at radius 3 is 2.52 bits per heavy atom. The summed E-state index contributed by atoms with van der Waals surface area (Å²) >= 11 is 9.94. The van der Waals surface area contributed by atoms with Crippen LogP contribution in [-0.2, 0) is 4.79 Å². The van der Waals surface area contributed by atoms with Crippen molar-refractivity contribution in [2.24, 2.45) is 0 Å². The highest BCUT2D eigenvalue weighted by Crippen LogP contribution is 2.45. The number of nitrogens with one attached hydrogen (secondary N) is 1. The number of amides is 1. The number of thioether (sulfide) groups is 2. The van der Waals surface area contributed by atoms with Crippen LogP contribution in [0.5, 0.6) is 5.75 Å². The van der Waals surface area contributed by atoms with Crippen molar-refractivity contribution >= 4 is 46.7 Å². The zero-order chi connectivity index (χ0) is 16.1. The van der Waals surface area contributed by atoms with Crippen molar-refractivity contribution in [1.82, 2.24) is 0 Å². The van der Waals surface area contributed by atoms with E-state index in [4.69, 9.17) is 16.3 Å². The lowest BCUT2D eigenvalue weighted by Crippen LogP contribution is -2.20. The number of halogens is 1. The van der Waals surface area contributed by atoms with Gasteiger partial charge in [0.15, 0.2) is 6.61 Å². The Morgan fingerprint density at radius 2 is 1.83 bits per heavy atom. The number of para-hydroxylation sites is 1. The van der Waals surface area contributed by atoms with Crippen LogP contribution in [0.15, 0.2) is 48.5 Å². The minimum Gasteiger partial charge on any atom is -0.484 e. The van der Waals surface area contributed by atoms with E-state index in [0.29, 0.717) is 21.0 Å². The number of carbonyl (C=O) groups excluding carboxylic acids is 1. The average Bonchev–Trinajstić information content (AvgIpc) is 3.10. The first kappa shape index (κ1) is 16.6. The Morgan fingerprint density at radius 1 is 1.13 bits per heavy atom. The predicted molar refractivity (Wildman–Crippen MR) is 99.7 cm³/mol. The highest BCUT2D eigenvalue weighted by atomic mass is 35.5. The van der Waals surface area contributed by atoms with Gasteiger partial charge < -0.3 is 10.1 Å². The van der Waals surface area contributed by atoms with E-state index in [-0.39, 0.29) is 12.5 Å². The molecular weight excluding hydrogens is 350 g/mol. The zero-order valence-electron chi connectivity index (χ0n) is 12.3. The minimum absolute atomic E-state index is 0.0441. The monoisotopic (exact) mass is 365 g/mol. The first-order valence-corrected chi connectivity index (χ1v) is 9.70. The lowest BCUT2D eigenvalue weighted by molar-refractivity contribution is -0.118. The van der Waals surface area contributed by atoms with E-state index in [9.17, 15) is 4.79 Å². The van der Waals surface area contributed by atoms with E-state index in [2.05, 4.69) is 17.4 Å². The lowest BCUT2D eigenvalue weighted by atomic mass is 10.2. The molecule has 0 bridgehead atoms. The molecule has 2 aromatic carbocycles. The molecule has 0 radical (unpaired) electrons. The number of benzene rings is 2. The molecule has 1 heterocycles. The molecule has 1 saturated heterocycles. The third-order valence-corrected chi connectivity index (χ3v) is 6.73. The number of hydrogen-bond donors (Lipinski definition) is 1. The molecule has 0 saturated carbocycles. The smallest absolute Gasteiger partial charge is 0.262 e. The van der Waals surface area contributed by atoms with Gasteiger partial charge in [0.25, 0.3) is 5.91 Å². The summed E-state index contributed by atoms with van der Waals surface area (Å²) < 4.78 is 6.05. The predicted octanol–water partition coefficient (Wildman–Crippen LogP) is 4.84. The number of ether oxygens (including phenoxy) is 1. The van der Waals surface area contributed by atoms with Gasteiger partial charge in [-0.3, -0.25) is 4.79 Å². The molecule has 0 aliphatic carbocycles. The van der Waals surface area contributed by atoms with Crippen LogP contribution in [0.4, 0.5) is 5.69 Å². The van der Waals surface area contributed by atoms with Crippen LogP contribution in [0.3, 0.4) is 0 Å². The molecule has 1 N–H and O–H groups in total. The molecule has 1 amide bonds. The van der Waals surface area contributed by atoms with E-state index in [0.717, 1.165) is 0 Å². The maximum absolute atomic E-state index is 11.9. The summed E-state index contributed by atoms with van der Waals surface area (Å²) in [6.07, 6.45) is 0. The van der Waals surface area contributed by atoms with E-state index >= 15 is 0 Å². The highest BCUT2D eigenvalue weighted by molar-refractivity contribution is 8.19. The summed E-state index contributed by atoms with van der Waals surface area (Å²) in [7, 11) is 0. The van der Waals surface area contributed by atoms with E-state index in [1.54, 1.807) is 12.1 Å². The zero-order valence-corrected chi connectivity index (χ0v) is 14.7. The van der Waals surface area contributed by atoms with Crippen molar-refractivity contribution in [3.8, 4) is 5.75 Å². The van der Waals surface area contributed by atoms with Crippen molar-refractivity contribution in [3.05, 3.63) is 59.1 Å². The summed E-state index contributed by atoms with van der Waals surface area (Å²) in [5, 5.41) is 3.24. The molecule has 3 nitrogen and oxygen atoms in total. The quantitative estimate of drug-likeness (QED) is 0.823. The van der Waals surface area contributed by atoms with Gasteiger partial charge in [0.05, 0.1) is 15.3 Å². The molecule has 0 unspecified atom stereocenters. The Bertz CT molecular complexity index is 673. The number of anilines is 1. The van der Waals surface area contributed by atoms with Gasteiger partial charge in [-0.25, -0.2) is 0 Å². The van der Waals surface area contributed by atoms with Gasteiger partial charge in [-0.1, -0.05) is 35.9 Å². The molecule has 120 valence electrons. The molecule has 3 rings (SSSR count). The molecule has 1 aliphatic rings. The van der Waals surface area contributed by atoms with Crippen LogP contribution in [0.25, 0.3) is 0 Å². The summed E-state index contributed by atoms with van der Waals surface area (Å²) in [5.74, 6) is 2.87. The molecule has 6 heteroatoms. The van der Waals surface area contributed by atoms with Gasteiger partial charge in [-0.2, -0.15) is 0 Å². The van der Waals surface area contributed by atoms with Crippen molar-refractivity contribution in [2.45, 2.75) is 4.58 Å². The summed E-state index contributed by atoms with van der Waals surface area (Å²) in [6, 6.07) is 15.1. The van der Waals surface area contributed by atoms with Crippen molar-refractivity contribution in [2.75, 3.05) is 23.4 Å². The normalized spacial score (nSPS) is 14.7. The lowest BCUT2D eigenvalue weighted by Gasteiger charge is -2.11. The molecule has 0 atom stereocenters. The fraction of sp³-hybridized carbons (Fsp3) is 0.235. The van der Waals surface area contributed by atoms with Gasteiger partial charge in [-0.05, 0) is 29.8 Å². The third kappa shape index (κ3) is 4.59. The Balaban J connectivity index is 1.51. The molecule has 1 fully saturated rings. The minimum atomic E-state index is -0.232. The van der Waals surface area contributed by atoms with E-state index in [1.807, 2.05) is 47.8 Å². The average molecular weight is 366 g/mol. The van der Waals surface area contributed by atoms with Crippen LogP contribution in [-0.4, -0.2) is 24.0 Å². The number of hydrogen-bond acceptors (Lipinski definition) is 4. The second kappa shape index (κ2) is 7.99. The van der Waals surface area contributed by atoms with Crippen LogP contribution in [0, 0.1) is 0 Å². The van der Waals surface area contributed by atoms with E-state index < -0.39 is 0 Å². The molecular formula is C17H16ClNO2S2. The molecule has 1 aliphatic heterocycles. The Hall–Kier alpha value is -1.30. The van der Waals surface area contributed by atoms with E-state index in [1.165, 1.54) is 17.1 Å². The van der Waals surface area contributed by atoms with Gasteiger partial charge in [0.1, 0.15) is 5.75 Å². The van der Waals surface area contributed by atoms with Crippen LogP contribution in [0.2, 0.25) is 5.02 Å². The summed E-state index contributed by atoms with van der Waals surface area (Å²) in [6.45, 7) is -0.0441. The van der Waals surface area contributed by atoms with Gasteiger partial charge in [-0.15, -0.1) is 23.5 Å². The van der Waals surface area contributed by atoms with Crippen LogP contribution >= 0.6 is 35.1 Å². The first-order valence-electron chi connectivity index (χ1n) is 7.23. The highest BCUT2D eigenvalue weighted by Gasteiger charge is 2.18. The van der Waals surface area contributed by atoms with Gasteiger partial charge >= 0.3 is 0 Å². The maximum atomic E-state index is 11.9. The van der Waals surface area contributed by atoms with Gasteiger partial charge in [0.2, 0.25) is 0 Å². The first-order chi connectivity index (χ1) is 11.2. The topological polar surface area (TPSA) is 38.3 Å². The fourth-order valence-corrected chi connectivity index (χ4v) is 5.21. The molecule has 0 spiro atoms. The fourth-order valence-electron chi connectivity index (χ4n) is 2.17. The van der Waals surface area contributed by atoms with Crippen molar-refractivity contribution < 1.29 is 9.53 Å². The molecule has 2 aromatic rings. The van der Waals surface area contributed by atoms with Crippen LogP contribution < -0.4 is 10.1 Å². The van der Waals surface area contributed by atoms with Crippen molar-refractivity contribution in [1.29, 1.82) is 0 Å². The van der Waals surface area contributed by atoms with Gasteiger partial charge in [0, 0.05) is 11.5 Å². The summed E-state index contributed by atoms with van der Waals surface area (Å²) in [4.78, 5) is 11.9. The Kier molecular flexibility index (Phi) is 5.75. The third-order valence-electron chi connectivity index (χ3n) is 3.29. The number of carbonyl (C=O) groups is 1. The Labute approximate surface area is 149 Å².